The van der Waals surface area contributed by atoms with Crippen molar-refractivity contribution >= 4 is 28.4 Å². The SMILES string of the molecule is CN1CCC(NC(=O)c2cnc3[nH]cc(-c4ccn5ncc(C(=O)NC6CCN(C)CC6)c5c4)c3c2)CC1. The van der Waals surface area contributed by atoms with E-state index < -0.39 is 0 Å². The highest BCUT2D eigenvalue weighted by Crippen LogP contribution is 2.30. The molecule has 6 heterocycles. The van der Waals surface area contributed by atoms with Gasteiger partial charge in [-0.1, -0.05) is 0 Å². The van der Waals surface area contributed by atoms with Crippen molar-refractivity contribution in [3.63, 3.8) is 0 Å². The molecule has 2 amide bonds. The van der Waals surface area contributed by atoms with E-state index in [1.807, 2.05) is 30.6 Å². The molecule has 2 aliphatic heterocycles. The first kappa shape index (κ1) is 24.6. The number of aromatic nitrogens is 4. The van der Waals surface area contributed by atoms with Gasteiger partial charge < -0.3 is 25.4 Å². The summed E-state index contributed by atoms with van der Waals surface area (Å²) >= 11 is 0. The molecule has 2 saturated heterocycles. The molecular formula is C28H34N8O2. The van der Waals surface area contributed by atoms with E-state index in [9.17, 15) is 9.59 Å². The van der Waals surface area contributed by atoms with E-state index >= 15 is 0 Å². The maximum Gasteiger partial charge on any atom is 0.255 e. The van der Waals surface area contributed by atoms with E-state index in [1.54, 1.807) is 16.9 Å². The lowest BCUT2D eigenvalue weighted by Gasteiger charge is -2.29. The van der Waals surface area contributed by atoms with E-state index in [-0.39, 0.29) is 23.9 Å². The van der Waals surface area contributed by atoms with Crippen LogP contribution in [0.3, 0.4) is 0 Å². The zero-order valence-electron chi connectivity index (χ0n) is 21.9. The van der Waals surface area contributed by atoms with E-state index in [1.165, 1.54) is 0 Å². The molecule has 0 radical (unpaired) electrons. The fraction of sp³-hybridized carbons (Fsp3) is 0.429. The number of likely N-dealkylation sites (tertiary alicyclic amines) is 2. The first-order chi connectivity index (χ1) is 18.4. The second-order valence-electron chi connectivity index (χ2n) is 10.7. The molecule has 10 heteroatoms. The van der Waals surface area contributed by atoms with E-state index in [0.29, 0.717) is 16.8 Å². The minimum absolute atomic E-state index is 0.0970. The topological polar surface area (TPSA) is 111 Å². The number of nitrogens with zero attached hydrogens (tertiary/aromatic N) is 5. The van der Waals surface area contributed by atoms with E-state index in [2.05, 4.69) is 49.6 Å². The molecule has 4 aromatic rings. The molecule has 198 valence electrons. The number of aromatic amines is 1. The quantitative estimate of drug-likeness (QED) is 0.378. The highest BCUT2D eigenvalue weighted by atomic mass is 16.2. The predicted molar refractivity (Wildman–Crippen MR) is 146 cm³/mol. The number of carbonyl (C=O) groups excluding carboxylic acids is 2. The minimum atomic E-state index is -0.0971. The van der Waals surface area contributed by atoms with Gasteiger partial charge in [0.25, 0.3) is 11.8 Å². The first-order valence-electron chi connectivity index (χ1n) is 13.4. The second kappa shape index (κ2) is 10.2. The van der Waals surface area contributed by atoms with E-state index in [4.69, 9.17) is 0 Å². The Kier molecular flexibility index (Phi) is 6.59. The molecule has 0 saturated carbocycles. The molecule has 0 spiro atoms. The third-order valence-corrected chi connectivity index (χ3v) is 7.98. The molecule has 0 aromatic carbocycles. The monoisotopic (exact) mass is 514 g/mol. The Morgan fingerprint density at radius 2 is 1.58 bits per heavy atom. The Morgan fingerprint density at radius 1 is 0.921 bits per heavy atom. The van der Waals surface area contributed by atoms with Gasteiger partial charge in [-0.25, -0.2) is 9.50 Å². The summed E-state index contributed by atoms with van der Waals surface area (Å²) in [7, 11) is 4.21. The summed E-state index contributed by atoms with van der Waals surface area (Å²) in [5, 5.41) is 11.6. The van der Waals surface area contributed by atoms with Crippen molar-refractivity contribution in [2.24, 2.45) is 0 Å². The summed E-state index contributed by atoms with van der Waals surface area (Å²) < 4.78 is 1.72. The number of pyridine rings is 2. The maximum atomic E-state index is 13.1. The lowest BCUT2D eigenvalue weighted by atomic mass is 10.0. The molecule has 38 heavy (non-hydrogen) atoms. The van der Waals surface area contributed by atoms with Crippen LogP contribution in [0.1, 0.15) is 46.4 Å². The van der Waals surface area contributed by atoms with E-state index in [0.717, 1.165) is 73.9 Å². The van der Waals surface area contributed by atoms with Gasteiger partial charge in [0.05, 0.1) is 22.8 Å². The summed E-state index contributed by atoms with van der Waals surface area (Å²) in [6.45, 7) is 3.94. The second-order valence-corrected chi connectivity index (χ2v) is 10.7. The van der Waals surface area contributed by atoms with Crippen molar-refractivity contribution < 1.29 is 9.59 Å². The molecule has 2 fully saturated rings. The Bertz CT molecular complexity index is 1470. The van der Waals surface area contributed by atoms with Gasteiger partial charge in [-0.3, -0.25) is 9.59 Å². The van der Waals surface area contributed by atoms with Gasteiger partial charge >= 0.3 is 0 Å². The van der Waals surface area contributed by atoms with Gasteiger partial charge in [-0.05, 0) is 89.7 Å². The summed E-state index contributed by atoms with van der Waals surface area (Å²) in [6, 6.07) is 6.20. The standard InChI is InChI=1S/C28H34N8O2/c1-34-8-4-20(5-9-34)32-27(37)19-13-22-23(16-30-26(22)29-15-19)18-3-12-36-25(14-18)24(17-31-36)28(38)33-21-6-10-35(2)11-7-21/h3,12-17,20-21H,4-11H2,1-2H3,(H,29,30)(H,32,37)(H,33,38). The highest BCUT2D eigenvalue weighted by molar-refractivity contribution is 6.03. The fourth-order valence-electron chi connectivity index (χ4n) is 5.53. The van der Waals surface area contributed by atoms with Crippen molar-refractivity contribution in [1.29, 1.82) is 0 Å². The summed E-state index contributed by atoms with van der Waals surface area (Å²) in [5.74, 6) is -0.194. The Morgan fingerprint density at radius 3 is 2.26 bits per heavy atom. The Hall–Kier alpha value is -3.76. The lowest BCUT2D eigenvalue weighted by Crippen LogP contribution is -2.43. The predicted octanol–water partition coefficient (Wildman–Crippen LogP) is 2.53. The maximum absolute atomic E-state index is 13.1. The summed E-state index contributed by atoms with van der Waals surface area (Å²) in [5.41, 5.74) is 4.40. The molecule has 0 bridgehead atoms. The molecule has 0 aliphatic carbocycles. The number of hydrogen-bond donors (Lipinski definition) is 3. The van der Waals surface area contributed by atoms with Crippen LogP contribution in [0.25, 0.3) is 27.7 Å². The van der Waals surface area contributed by atoms with Gasteiger partial charge in [0, 0.05) is 41.6 Å². The number of H-pyrrole nitrogens is 1. The molecule has 10 nitrogen and oxygen atoms in total. The minimum Gasteiger partial charge on any atom is -0.349 e. The summed E-state index contributed by atoms with van der Waals surface area (Å²) in [4.78, 5) is 38.5. The number of fused-ring (bicyclic) bond motifs is 2. The smallest absolute Gasteiger partial charge is 0.255 e. The lowest BCUT2D eigenvalue weighted by molar-refractivity contribution is 0.0909. The van der Waals surface area contributed by atoms with Gasteiger partial charge in [0.1, 0.15) is 5.65 Å². The van der Waals surface area contributed by atoms with Crippen LogP contribution in [0, 0.1) is 0 Å². The fourth-order valence-corrected chi connectivity index (χ4v) is 5.53. The molecular weight excluding hydrogens is 480 g/mol. The molecule has 4 aromatic heterocycles. The molecule has 0 atom stereocenters. The van der Waals surface area contributed by atoms with Crippen LogP contribution in [-0.2, 0) is 0 Å². The van der Waals surface area contributed by atoms with Crippen LogP contribution in [-0.4, -0.2) is 93.6 Å². The normalized spacial score (nSPS) is 18.3. The third kappa shape index (κ3) is 4.89. The largest absolute Gasteiger partial charge is 0.349 e. The number of amides is 2. The van der Waals surface area contributed by atoms with Gasteiger partial charge in [-0.15, -0.1) is 0 Å². The third-order valence-electron chi connectivity index (χ3n) is 7.98. The average Bonchev–Trinajstić information content (AvgIpc) is 3.55. The average molecular weight is 515 g/mol. The van der Waals surface area contributed by atoms with Crippen molar-refractivity contribution in [3.05, 3.63) is 54.1 Å². The van der Waals surface area contributed by atoms with Crippen molar-refractivity contribution in [2.45, 2.75) is 37.8 Å². The first-order valence-corrected chi connectivity index (χ1v) is 13.4. The van der Waals surface area contributed by atoms with Gasteiger partial charge in [-0.2, -0.15) is 5.10 Å². The van der Waals surface area contributed by atoms with Crippen LogP contribution >= 0.6 is 0 Å². The molecule has 0 unspecified atom stereocenters. The highest BCUT2D eigenvalue weighted by Gasteiger charge is 2.22. The number of carbonyl (C=O) groups is 2. The van der Waals surface area contributed by atoms with Gasteiger partial charge in [0.2, 0.25) is 0 Å². The van der Waals surface area contributed by atoms with Crippen molar-refractivity contribution in [3.8, 4) is 11.1 Å². The van der Waals surface area contributed by atoms with Crippen LogP contribution < -0.4 is 10.6 Å². The zero-order valence-corrected chi connectivity index (χ0v) is 21.9. The van der Waals surface area contributed by atoms with Gasteiger partial charge in [0.15, 0.2) is 0 Å². The Balaban J connectivity index is 1.25. The number of hydrogen-bond acceptors (Lipinski definition) is 6. The van der Waals surface area contributed by atoms with Crippen molar-refractivity contribution in [2.75, 3.05) is 40.3 Å². The number of rotatable bonds is 5. The van der Waals surface area contributed by atoms with Crippen LogP contribution in [0.4, 0.5) is 0 Å². The van der Waals surface area contributed by atoms with Crippen LogP contribution in [0.2, 0.25) is 0 Å². The summed E-state index contributed by atoms with van der Waals surface area (Å²) in [6.07, 6.45) is 10.8. The number of piperidine rings is 2. The van der Waals surface area contributed by atoms with Crippen molar-refractivity contribution in [1.82, 2.24) is 40.0 Å². The molecule has 2 aliphatic rings. The zero-order chi connectivity index (χ0) is 26.2. The van der Waals surface area contributed by atoms with Crippen LogP contribution in [0.15, 0.2) is 43.0 Å². The van der Waals surface area contributed by atoms with Crippen LogP contribution in [0.5, 0.6) is 0 Å². The molecule has 6 rings (SSSR count). The molecule has 3 N–H and O–H groups in total. The number of nitrogens with one attached hydrogen (secondary N) is 3. The Labute approximate surface area is 221 Å².